The van der Waals surface area contributed by atoms with E-state index in [0.717, 1.165) is 13.1 Å². The van der Waals surface area contributed by atoms with Gasteiger partial charge in [0.1, 0.15) is 0 Å². The Morgan fingerprint density at radius 3 is 3.00 bits per heavy atom. The Labute approximate surface area is 83.9 Å². The minimum Gasteiger partial charge on any atom is -0.472 e. The summed E-state index contributed by atoms with van der Waals surface area (Å²) in [7, 11) is 0. The second-order valence-electron chi connectivity index (χ2n) is 3.74. The van der Waals surface area contributed by atoms with Crippen LogP contribution >= 0.6 is 0 Å². The van der Waals surface area contributed by atoms with Gasteiger partial charge >= 0.3 is 0 Å². The highest BCUT2D eigenvalue weighted by Gasteiger charge is 2.28. The number of nitrogens with zero attached hydrogens (tertiary/aromatic N) is 2. The second-order valence-corrected chi connectivity index (χ2v) is 3.74. The quantitative estimate of drug-likeness (QED) is 0.714. The average molecular weight is 190 g/mol. The number of hydrogen-bond acceptors (Lipinski definition) is 3. The Hall–Kier alpha value is -1.27. The molecule has 1 heterocycles. The van der Waals surface area contributed by atoms with Crippen molar-refractivity contribution in [1.29, 1.82) is 5.26 Å². The molecular formula is C11H14N2O. The lowest BCUT2D eigenvalue weighted by Crippen LogP contribution is -2.26. The second kappa shape index (κ2) is 4.30. The van der Waals surface area contributed by atoms with Crippen LogP contribution in [0.25, 0.3) is 0 Å². The van der Waals surface area contributed by atoms with E-state index in [1.54, 1.807) is 12.5 Å². The molecule has 3 heteroatoms. The van der Waals surface area contributed by atoms with Gasteiger partial charge in [0, 0.05) is 31.1 Å². The molecular weight excluding hydrogens is 176 g/mol. The van der Waals surface area contributed by atoms with Gasteiger partial charge in [-0.1, -0.05) is 0 Å². The van der Waals surface area contributed by atoms with Crippen molar-refractivity contribution < 1.29 is 4.42 Å². The normalized spacial score (nSPS) is 15.7. The van der Waals surface area contributed by atoms with E-state index in [1.807, 2.05) is 6.07 Å². The van der Waals surface area contributed by atoms with Gasteiger partial charge in [-0.15, -0.1) is 0 Å². The zero-order valence-electron chi connectivity index (χ0n) is 8.15. The number of furan rings is 1. The maximum Gasteiger partial charge on any atom is 0.0947 e. The van der Waals surface area contributed by atoms with Crippen LogP contribution in [0.3, 0.4) is 0 Å². The molecule has 1 aliphatic rings. The van der Waals surface area contributed by atoms with Crippen LogP contribution in [0.5, 0.6) is 0 Å². The van der Waals surface area contributed by atoms with Crippen LogP contribution in [0.1, 0.15) is 24.8 Å². The molecule has 74 valence electrons. The Bertz CT molecular complexity index is 309. The summed E-state index contributed by atoms with van der Waals surface area (Å²) < 4.78 is 5.03. The lowest BCUT2D eigenvalue weighted by Gasteiger charge is -2.19. The molecule has 0 amide bonds. The van der Waals surface area contributed by atoms with Crippen molar-refractivity contribution in [2.24, 2.45) is 0 Å². The van der Waals surface area contributed by atoms with Crippen LogP contribution < -0.4 is 0 Å². The van der Waals surface area contributed by atoms with Crippen molar-refractivity contribution in [3.63, 3.8) is 0 Å². The molecule has 0 saturated heterocycles. The molecule has 1 aliphatic carbocycles. The van der Waals surface area contributed by atoms with E-state index in [0.29, 0.717) is 12.5 Å². The van der Waals surface area contributed by atoms with Crippen LogP contribution in [0.4, 0.5) is 0 Å². The van der Waals surface area contributed by atoms with Gasteiger partial charge in [-0.25, -0.2) is 0 Å². The van der Waals surface area contributed by atoms with E-state index in [4.69, 9.17) is 9.68 Å². The van der Waals surface area contributed by atoms with E-state index in [2.05, 4.69) is 11.0 Å². The van der Waals surface area contributed by atoms with Gasteiger partial charge in [0.05, 0.1) is 18.6 Å². The summed E-state index contributed by atoms with van der Waals surface area (Å²) in [4.78, 5) is 2.37. The zero-order chi connectivity index (χ0) is 9.80. The fourth-order valence-electron chi connectivity index (χ4n) is 1.64. The standard InChI is InChI=1S/C11H14N2O/c12-5-1-6-13(11-2-3-11)8-10-4-7-14-9-10/h4,7,9,11H,1-3,6,8H2. The third kappa shape index (κ3) is 2.36. The highest BCUT2D eigenvalue weighted by molar-refractivity contribution is 5.06. The molecule has 1 aromatic rings. The molecule has 0 aromatic carbocycles. The molecule has 0 radical (unpaired) electrons. The lowest BCUT2D eigenvalue weighted by molar-refractivity contribution is 0.260. The van der Waals surface area contributed by atoms with E-state index in [1.165, 1.54) is 18.4 Å². The van der Waals surface area contributed by atoms with E-state index in [-0.39, 0.29) is 0 Å². The van der Waals surface area contributed by atoms with Crippen LogP contribution in [0, 0.1) is 11.3 Å². The largest absolute Gasteiger partial charge is 0.472 e. The molecule has 1 saturated carbocycles. The molecule has 0 spiro atoms. The van der Waals surface area contributed by atoms with Gasteiger partial charge in [-0.3, -0.25) is 4.90 Å². The summed E-state index contributed by atoms with van der Waals surface area (Å²) in [5, 5.41) is 8.55. The molecule has 0 aliphatic heterocycles. The third-order valence-corrected chi connectivity index (χ3v) is 2.54. The predicted octanol–water partition coefficient (Wildman–Crippen LogP) is 2.16. The first-order chi connectivity index (χ1) is 6.90. The van der Waals surface area contributed by atoms with Crippen molar-refractivity contribution in [2.45, 2.75) is 31.8 Å². The van der Waals surface area contributed by atoms with Crippen molar-refractivity contribution in [2.75, 3.05) is 6.54 Å². The Balaban J connectivity index is 1.88. The van der Waals surface area contributed by atoms with Gasteiger partial charge < -0.3 is 4.42 Å². The first-order valence-electron chi connectivity index (χ1n) is 5.02. The Morgan fingerprint density at radius 2 is 2.43 bits per heavy atom. The summed E-state index contributed by atoms with van der Waals surface area (Å²) in [6, 6.07) is 4.89. The highest BCUT2D eigenvalue weighted by atomic mass is 16.3. The van der Waals surface area contributed by atoms with Crippen LogP contribution in [0.15, 0.2) is 23.0 Å². The summed E-state index contributed by atoms with van der Waals surface area (Å²) in [5.41, 5.74) is 1.20. The zero-order valence-corrected chi connectivity index (χ0v) is 8.15. The Morgan fingerprint density at radius 1 is 1.57 bits per heavy atom. The topological polar surface area (TPSA) is 40.2 Å². The monoisotopic (exact) mass is 190 g/mol. The molecule has 14 heavy (non-hydrogen) atoms. The van der Waals surface area contributed by atoms with Gasteiger partial charge in [0.15, 0.2) is 0 Å². The van der Waals surface area contributed by atoms with Crippen LogP contribution in [-0.4, -0.2) is 17.5 Å². The van der Waals surface area contributed by atoms with E-state index >= 15 is 0 Å². The van der Waals surface area contributed by atoms with Crippen LogP contribution in [0.2, 0.25) is 0 Å². The smallest absolute Gasteiger partial charge is 0.0947 e. The van der Waals surface area contributed by atoms with Crippen molar-refractivity contribution in [1.82, 2.24) is 4.90 Å². The summed E-state index contributed by atoms with van der Waals surface area (Å²) >= 11 is 0. The van der Waals surface area contributed by atoms with E-state index < -0.39 is 0 Å². The maximum absolute atomic E-state index is 8.55. The van der Waals surface area contributed by atoms with Crippen LogP contribution in [-0.2, 0) is 6.54 Å². The molecule has 3 nitrogen and oxygen atoms in total. The van der Waals surface area contributed by atoms with Gasteiger partial charge in [0.2, 0.25) is 0 Å². The lowest BCUT2D eigenvalue weighted by atomic mass is 10.3. The molecule has 1 fully saturated rings. The third-order valence-electron chi connectivity index (χ3n) is 2.54. The predicted molar refractivity (Wildman–Crippen MR) is 52.4 cm³/mol. The molecule has 2 rings (SSSR count). The first kappa shape index (κ1) is 9.29. The SMILES string of the molecule is N#CCCN(Cc1ccoc1)C1CC1. The number of hydrogen-bond donors (Lipinski definition) is 0. The average Bonchev–Trinajstić information content (AvgIpc) is 2.92. The molecule has 0 bridgehead atoms. The molecule has 1 aromatic heterocycles. The summed E-state index contributed by atoms with van der Waals surface area (Å²) in [5.74, 6) is 0. The highest BCUT2D eigenvalue weighted by Crippen LogP contribution is 2.28. The minimum atomic E-state index is 0.619. The summed E-state index contributed by atoms with van der Waals surface area (Å²) in [6.45, 7) is 1.80. The first-order valence-corrected chi connectivity index (χ1v) is 5.02. The maximum atomic E-state index is 8.55. The van der Waals surface area contributed by atoms with Gasteiger partial charge in [0.25, 0.3) is 0 Å². The van der Waals surface area contributed by atoms with Crippen molar-refractivity contribution >= 4 is 0 Å². The van der Waals surface area contributed by atoms with Gasteiger partial charge in [-0.2, -0.15) is 5.26 Å². The van der Waals surface area contributed by atoms with Crippen molar-refractivity contribution in [3.05, 3.63) is 24.2 Å². The number of rotatable bonds is 5. The number of nitriles is 1. The van der Waals surface area contributed by atoms with Crippen molar-refractivity contribution in [3.8, 4) is 6.07 Å². The van der Waals surface area contributed by atoms with E-state index in [9.17, 15) is 0 Å². The minimum absolute atomic E-state index is 0.619. The fraction of sp³-hybridized carbons (Fsp3) is 0.545. The fourth-order valence-corrected chi connectivity index (χ4v) is 1.64. The van der Waals surface area contributed by atoms with Gasteiger partial charge in [-0.05, 0) is 18.9 Å². The molecule has 0 N–H and O–H groups in total. The molecule has 0 atom stereocenters. The molecule has 0 unspecified atom stereocenters. The summed E-state index contributed by atoms with van der Waals surface area (Å²) in [6.07, 6.45) is 6.66. The Kier molecular flexibility index (Phi) is 2.85.